The number of carbonyl (C=O) groups is 1. The van der Waals surface area contributed by atoms with E-state index in [1.807, 2.05) is 0 Å². The van der Waals surface area contributed by atoms with Crippen LogP contribution in [-0.4, -0.2) is 29.9 Å². The summed E-state index contributed by atoms with van der Waals surface area (Å²) in [5.74, 6) is -0.926. The van der Waals surface area contributed by atoms with E-state index >= 15 is 0 Å². The van der Waals surface area contributed by atoms with Gasteiger partial charge in [-0.3, -0.25) is 0 Å². The van der Waals surface area contributed by atoms with E-state index in [0.29, 0.717) is 12.4 Å². The monoisotopic (exact) mass is 260 g/mol. The van der Waals surface area contributed by atoms with Crippen molar-refractivity contribution in [1.82, 2.24) is 0 Å². The molecule has 0 aliphatic rings. The lowest BCUT2D eigenvalue weighted by Crippen LogP contribution is -2.13. The highest BCUT2D eigenvalue weighted by Crippen LogP contribution is 2.39. The molecule has 0 saturated heterocycles. The highest BCUT2D eigenvalue weighted by atomic mass is 35.5. The van der Waals surface area contributed by atoms with Crippen LogP contribution in [0.2, 0.25) is 5.02 Å². The van der Waals surface area contributed by atoms with Crippen molar-refractivity contribution in [3.8, 4) is 11.5 Å². The van der Waals surface area contributed by atoms with E-state index in [4.69, 9.17) is 26.2 Å². The molecular weight excluding hydrogens is 248 g/mol. The molecule has 1 atom stereocenters. The van der Waals surface area contributed by atoms with Crippen molar-refractivity contribution >= 4 is 17.6 Å². The highest BCUT2D eigenvalue weighted by Gasteiger charge is 2.26. The maximum Gasteiger partial charge on any atom is 0.337 e. The van der Waals surface area contributed by atoms with E-state index in [1.165, 1.54) is 13.2 Å². The SMILES string of the molecule is CCOc1c(OC)ccc(Cl)c1C(O)C(=O)O. The smallest absolute Gasteiger partial charge is 0.337 e. The minimum Gasteiger partial charge on any atom is -0.493 e. The van der Waals surface area contributed by atoms with Gasteiger partial charge in [0.05, 0.1) is 24.3 Å². The van der Waals surface area contributed by atoms with Crippen LogP contribution in [0.3, 0.4) is 0 Å². The minimum absolute atomic E-state index is 0.000340. The van der Waals surface area contributed by atoms with Gasteiger partial charge in [-0.15, -0.1) is 0 Å². The van der Waals surface area contributed by atoms with E-state index < -0.39 is 12.1 Å². The molecule has 0 amide bonds. The fraction of sp³-hybridized carbons (Fsp3) is 0.364. The van der Waals surface area contributed by atoms with Crippen molar-refractivity contribution in [2.75, 3.05) is 13.7 Å². The Bertz CT molecular complexity index is 419. The Morgan fingerprint density at radius 2 is 2.18 bits per heavy atom. The maximum absolute atomic E-state index is 10.8. The fourth-order valence-electron chi connectivity index (χ4n) is 1.39. The molecule has 6 heteroatoms. The largest absolute Gasteiger partial charge is 0.493 e. The second kappa shape index (κ2) is 5.75. The van der Waals surface area contributed by atoms with E-state index in [-0.39, 0.29) is 16.3 Å². The number of carboxylic acids is 1. The lowest BCUT2D eigenvalue weighted by atomic mass is 10.1. The number of aliphatic hydroxyl groups is 1. The van der Waals surface area contributed by atoms with Gasteiger partial charge in [-0.25, -0.2) is 4.79 Å². The fourth-order valence-corrected chi connectivity index (χ4v) is 1.64. The number of aliphatic hydroxyl groups excluding tert-OH is 1. The average Bonchev–Trinajstić information content (AvgIpc) is 2.29. The molecule has 0 fully saturated rings. The average molecular weight is 261 g/mol. The molecule has 0 radical (unpaired) electrons. The third-order valence-electron chi connectivity index (χ3n) is 2.12. The van der Waals surface area contributed by atoms with Crippen LogP contribution in [0.5, 0.6) is 11.5 Å². The van der Waals surface area contributed by atoms with Gasteiger partial charge in [-0.2, -0.15) is 0 Å². The first kappa shape index (κ1) is 13.6. The van der Waals surface area contributed by atoms with Crippen molar-refractivity contribution in [1.29, 1.82) is 0 Å². The maximum atomic E-state index is 10.8. The Morgan fingerprint density at radius 1 is 1.53 bits per heavy atom. The number of ether oxygens (including phenoxy) is 2. The number of hydrogen-bond acceptors (Lipinski definition) is 4. The van der Waals surface area contributed by atoms with Crippen molar-refractivity contribution in [2.24, 2.45) is 0 Å². The summed E-state index contributed by atoms with van der Waals surface area (Å²) in [6, 6.07) is 3.00. The molecular formula is C11H13ClO5. The van der Waals surface area contributed by atoms with Crippen LogP contribution < -0.4 is 9.47 Å². The summed E-state index contributed by atoms with van der Waals surface area (Å²) in [5, 5.41) is 18.5. The van der Waals surface area contributed by atoms with Gasteiger partial charge in [0.2, 0.25) is 0 Å². The van der Waals surface area contributed by atoms with E-state index in [1.54, 1.807) is 13.0 Å². The van der Waals surface area contributed by atoms with Gasteiger partial charge in [-0.05, 0) is 19.1 Å². The zero-order valence-corrected chi connectivity index (χ0v) is 10.2. The molecule has 1 aromatic carbocycles. The predicted octanol–water partition coefficient (Wildman–Crippen LogP) is 1.87. The third kappa shape index (κ3) is 2.81. The second-order valence-corrected chi connectivity index (χ2v) is 3.57. The Kier molecular flexibility index (Phi) is 4.60. The van der Waals surface area contributed by atoms with Crippen molar-refractivity contribution in [2.45, 2.75) is 13.0 Å². The first-order chi connectivity index (χ1) is 8.02. The second-order valence-electron chi connectivity index (χ2n) is 3.17. The molecule has 0 aliphatic carbocycles. The first-order valence-electron chi connectivity index (χ1n) is 4.93. The predicted molar refractivity (Wildman–Crippen MR) is 61.8 cm³/mol. The van der Waals surface area contributed by atoms with Crippen molar-refractivity contribution in [3.63, 3.8) is 0 Å². The molecule has 1 aromatic rings. The quantitative estimate of drug-likeness (QED) is 0.845. The molecule has 0 saturated carbocycles. The Balaban J connectivity index is 3.37. The summed E-state index contributed by atoms with van der Waals surface area (Å²) in [4.78, 5) is 10.8. The molecule has 0 spiro atoms. The summed E-state index contributed by atoms with van der Waals surface area (Å²) in [5.41, 5.74) is 0.000340. The van der Waals surface area contributed by atoms with Gasteiger partial charge >= 0.3 is 5.97 Å². The molecule has 17 heavy (non-hydrogen) atoms. The van der Waals surface area contributed by atoms with Gasteiger partial charge < -0.3 is 19.7 Å². The molecule has 0 aliphatic heterocycles. The standard InChI is InChI=1S/C11H13ClO5/c1-3-17-10-7(16-2)5-4-6(12)8(10)9(13)11(14)15/h4-5,9,13H,3H2,1-2H3,(H,14,15). The number of carboxylic acid groups (broad SMARTS) is 1. The van der Waals surface area contributed by atoms with Crippen LogP contribution >= 0.6 is 11.6 Å². The van der Waals surface area contributed by atoms with Crippen LogP contribution in [0.15, 0.2) is 12.1 Å². The first-order valence-corrected chi connectivity index (χ1v) is 5.30. The highest BCUT2D eigenvalue weighted by molar-refractivity contribution is 6.32. The van der Waals surface area contributed by atoms with E-state index in [9.17, 15) is 9.90 Å². The summed E-state index contributed by atoms with van der Waals surface area (Å²) < 4.78 is 10.3. The van der Waals surface area contributed by atoms with Crippen molar-refractivity contribution in [3.05, 3.63) is 22.7 Å². The molecule has 5 nitrogen and oxygen atoms in total. The number of benzene rings is 1. The lowest BCUT2D eigenvalue weighted by molar-refractivity contribution is -0.147. The molecule has 1 unspecified atom stereocenters. The Labute approximate surface area is 104 Å². The van der Waals surface area contributed by atoms with Crippen LogP contribution in [0.1, 0.15) is 18.6 Å². The van der Waals surface area contributed by atoms with Crippen LogP contribution in [0.25, 0.3) is 0 Å². The summed E-state index contributed by atoms with van der Waals surface area (Å²) in [6.07, 6.45) is -1.75. The molecule has 2 N–H and O–H groups in total. The molecule has 1 rings (SSSR count). The number of aliphatic carboxylic acids is 1. The Morgan fingerprint density at radius 3 is 2.65 bits per heavy atom. The Hall–Kier alpha value is -1.46. The van der Waals surface area contributed by atoms with Gasteiger partial charge in [0.1, 0.15) is 0 Å². The van der Waals surface area contributed by atoms with Gasteiger partial charge in [0.15, 0.2) is 17.6 Å². The number of halogens is 1. The van der Waals surface area contributed by atoms with Crippen molar-refractivity contribution < 1.29 is 24.5 Å². The minimum atomic E-state index is -1.75. The number of rotatable bonds is 5. The zero-order valence-electron chi connectivity index (χ0n) is 9.44. The molecule has 0 heterocycles. The molecule has 94 valence electrons. The molecule has 0 bridgehead atoms. The normalized spacial score (nSPS) is 12.0. The summed E-state index contributed by atoms with van der Waals surface area (Å²) in [7, 11) is 1.42. The van der Waals surface area contributed by atoms with Gasteiger partial charge in [0, 0.05) is 0 Å². The zero-order chi connectivity index (χ0) is 13.0. The van der Waals surface area contributed by atoms with Gasteiger partial charge in [0.25, 0.3) is 0 Å². The van der Waals surface area contributed by atoms with E-state index in [2.05, 4.69) is 0 Å². The third-order valence-corrected chi connectivity index (χ3v) is 2.45. The van der Waals surface area contributed by atoms with Crippen LogP contribution in [-0.2, 0) is 4.79 Å². The summed E-state index contributed by atoms with van der Waals surface area (Å²) in [6.45, 7) is 2.04. The van der Waals surface area contributed by atoms with E-state index in [0.717, 1.165) is 0 Å². The van der Waals surface area contributed by atoms with Gasteiger partial charge in [-0.1, -0.05) is 11.6 Å². The van der Waals surface area contributed by atoms with Crippen LogP contribution in [0.4, 0.5) is 0 Å². The number of methoxy groups -OCH3 is 1. The number of hydrogen-bond donors (Lipinski definition) is 2. The van der Waals surface area contributed by atoms with Crippen LogP contribution in [0, 0.1) is 0 Å². The lowest BCUT2D eigenvalue weighted by Gasteiger charge is -2.17. The summed E-state index contributed by atoms with van der Waals surface area (Å²) >= 11 is 5.87. The molecule has 0 aromatic heterocycles. The topological polar surface area (TPSA) is 76.0 Å².